The van der Waals surface area contributed by atoms with Gasteiger partial charge in [0.2, 0.25) is 0 Å². The summed E-state index contributed by atoms with van der Waals surface area (Å²) in [5.74, 6) is 1.50. The summed E-state index contributed by atoms with van der Waals surface area (Å²) in [5, 5.41) is 5.94. The number of carbonyl (C=O) groups excluding carboxylic acids is 3. The van der Waals surface area contributed by atoms with Crippen molar-refractivity contribution in [1.82, 2.24) is 5.32 Å². The Kier molecular flexibility index (Phi) is 6.48. The minimum atomic E-state index is -1.22. The van der Waals surface area contributed by atoms with Gasteiger partial charge in [0.05, 0.1) is 33.7 Å². The molecule has 166 valence electrons. The van der Waals surface area contributed by atoms with E-state index in [1.54, 1.807) is 35.2 Å². The minimum absolute atomic E-state index is 0.00408. The molecule has 2 aliphatic rings. The van der Waals surface area contributed by atoms with Gasteiger partial charge in [-0.2, -0.15) is 0 Å². The summed E-state index contributed by atoms with van der Waals surface area (Å²) >= 11 is 7.57. The number of thiophene rings is 1. The van der Waals surface area contributed by atoms with E-state index in [4.69, 9.17) is 27.5 Å². The highest BCUT2D eigenvalue weighted by atomic mass is 35.5. The third kappa shape index (κ3) is 4.49. The third-order valence-electron chi connectivity index (χ3n) is 5.26. The van der Waals surface area contributed by atoms with E-state index in [-0.39, 0.29) is 19.1 Å². The summed E-state index contributed by atoms with van der Waals surface area (Å²) in [6.07, 6.45) is 5.70. The lowest BCUT2D eigenvalue weighted by molar-refractivity contribution is -0.125. The zero-order valence-corrected chi connectivity index (χ0v) is 18.6. The number of anilines is 2. The van der Waals surface area contributed by atoms with Crippen molar-refractivity contribution in [3.8, 4) is 12.3 Å². The Labute approximate surface area is 193 Å². The Morgan fingerprint density at radius 1 is 1.22 bits per heavy atom. The maximum absolute atomic E-state index is 13.2. The van der Waals surface area contributed by atoms with Crippen LogP contribution in [0.4, 0.5) is 11.4 Å². The molecular weight excluding hydrogens is 454 g/mol. The molecule has 0 unspecified atom stereocenters. The van der Waals surface area contributed by atoms with E-state index in [0.717, 1.165) is 0 Å². The van der Waals surface area contributed by atoms with Crippen LogP contribution in [-0.4, -0.2) is 56.2 Å². The second-order valence-electron chi connectivity index (χ2n) is 7.37. The molecule has 0 spiro atoms. The molecule has 8 nitrogen and oxygen atoms in total. The molecule has 2 aliphatic heterocycles. The van der Waals surface area contributed by atoms with Crippen LogP contribution in [0.3, 0.4) is 0 Å². The summed E-state index contributed by atoms with van der Waals surface area (Å²) in [4.78, 5) is 40.6. The Hall–Kier alpha value is -2.90. The molecule has 2 fully saturated rings. The number of nitrogens with one attached hydrogen (secondary N) is 2. The quantitative estimate of drug-likeness (QED) is 0.649. The van der Waals surface area contributed by atoms with Gasteiger partial charge in [-0.05, 0) is 30.3 Å². The summed E-state index contributed by atoms with van der Waals surface area (Å²) in [7, 11) is 0. The summed E-state index contributed by atoms with van der Waals surface area (Å²) in [6, 6.07) is 8.21. The normalized spacial score (nSPS) is 20.6. The smallest absolute Gasteiger partial charge is 0.262 e. The van der Waals surface area contributed by atoms with Gasteiger partial charge in [-0.1, -0.05) is 17.5 Å². The fourth-order valence-corrected chi connectivity index (χ4v) is 4.54. The van der Waals surface area contributed by atoms with Crippen molar-refractivity contribution >= 4 is 52.0 Å². The van der Waals surface area contributed by atoms with E-state index in [1.807, 2.05) is 0 Å². The SMILES string of the molecule is C#Cc1ccc(C(=O)N[C@@]2(C(=O)Nc3ccc(N4CCOCC4=O)c(Cl)c3)CCOC2)s1. The number of rotatable bonds is 5. The third-order valence-corrected chi connectivity index (χ3v) is 6.58. The molecule has 3 amide bonds. The highest BCUT2D eigenvalue weighted by molar-refractivity contribution is 7.14. The Bertz CT molecular complexity index is 1100. The molecule has 3 heterocycles. The van der Waals surface area contributed by atoms with Crippen molar-refractivity contribution in [2.75, 3.05) is 43.2 Å². The Morgan fingerprint density at radius 3 is 2.72 bits per heavy atom. The lowest BCUT2D eigenvalue weighted by Gasteiger charge is -2.29. The highest BCUT2D eigenvalue weighted by Gasteiger charge is 2.44. The molecule has 32 heavy (non-hydrogen) atoms. The average Bonchev–Trinajstić information content (AvgIpc) is 3.45. The van der Waals surface area contributed by atoms with Crippen LogP contribution in [0.1, 0.15) is 21.0 Å². The molecule has 4 rings (SSSR count). The monoisotopic (exact) mass is 473 g/mol. The first kappa shape index (κ1) is 22.3. The molecule has 2 aromatic rings. The Balaban J connectivity index is 1.49. The zero-order chi connectivity index (χ0) is 22.7. The first-order valence-electron chi connectivity index (χ1n) is 9.88. The lowest BCUT2D eigenvalue weighted by Crippen LogP contribution is -2.57. The number of morpholine rings is 1. The highest BCUT2D eigenvalue weighted by Crippen LogP contribution is 2.31. The first-order chi connectivity index (χ1) is 15.4. The number of carbonyl (C=O) groups is 3. The van der Waals surface area contributed by atoms with Gasteiger partial charge in [-0.15, -0.1) is 17.8 Å². The minimum Gasteiger partial charge on any atom is -0.378 e. The molecular formula is C22H20ClN3O5S. The topological polar surface area (TPSA) is 97.0 Å². The molecule has 1 atom stereocenters. The van der Waals surface area contributed by atoms with Gasteiger partial charge in [0.15, 0.2) is 0 Å². The fraction of sp³-hybridized carbons (Fsp3) is 0.318. The predicted octanol–water partition coefficient (Wildman–Crippen LogP) is 2.27. The van der Waals surface area contributed by atoms with Crippen LogP contribution in [-0.2, 0) is 19.1 Å². The fourth-order valence-electron chi connectivity index (χ4n) is 3.54. The molecule has 1 aromatic heterocycles. The van der Waals surface area contributed by atoms with E-state index >= 15 is 0 Å². The van der Waals surface area contributed by atoms with Gasteiger partial charge in [0.25, 0.3) is 17.7 Å². The Morgan fingerprint density at radius 2 is 2.06 bits per heavy atom. The van der Waals surface area contributed by atoms with E-state index in [1.165, 1.54) is 11.3 Å². The van der Waals surface area contributed by atoms with Gasteiger partial charge in [0.1, 0.15) is 12.1 Å². The molecule has 0 saturated carbocycles. The average molecular weight is 474 g/mol. The molecule has 0 radical (unpaired) electrons. The van der Waals surface area contributed by atoms with Crippen molar-refractivity contribution < 1.29 is 23.9 Å². The summed E-state index contributed by atoms with van der Waals surface area (Å²) < 4.78 is 10.6. The van der Waals surface area contributed by atoms with Crippen molar-refractivity contribution in [2.45, 2.75) is 12.0 Å². The standard InChI is InChI=1S/C22H20ClN3O5S/c1-2-15-4-6-18(32-15)20(28)25-22(7-9-31-13-22)21(29)24-14-3-5-17(16(23)11-14)26-8-10-30-12-19(26)27/h1,3-6,11H,7-10,12-13H2,(H,24,29)(H,25,28)/t22-/m0/s1. The largest absolute Gasteiger partial charge is 0.378 e. The lowest BCUT2D eigenvalue weighted by atomic mass is 9.97. The first-order valence-corrected chi connectivity index (χ1v) is 11.1. The van der Waals surface area contributed by atoms with Crippen LogP contribution in [0, 0.1) is 12.3 Å². The van der Waals surface area contributed by atoms with Crippen LogP contribution in [0.15, 0.2) is 30.3 Å². The maximum atomic E-state index is 13.2. The summed E-state index contributed by atoms with van der Waals surface area (Å²) in [6.45, 7) is 1.22. The molecule has 10 heteroatoms. The van der Waals surface area contributed by atoms with E-state index in [0.29, 0.717) is 52.3 Å². The zero-order valence-electron chi connectivity index (χ0n) is 17.0. The van der Waals surface area contributed by atoms with Crippen LogP contribution in [0.2, 0.25) is 5.02 Å². The van der Waals surface area contributed by atoms with Crippen molar-refractivity contribution in [3.05, 3.63) is 45.1 Å². The number of amides is 3. The molecule has 0 bridgehead atoms. The predicted molar refractivity (Wildman–Crippen MR) is 121 cm³/mol. The number of hydrogen-bond acceptors (Lipinski definition) is 6. The van der Waals surface area contributed by atoms with Crippen LogP contribution >= 0.6 is 22.9 Å². The number of ether oxygens (including phenoxy) is 2. The molecule has 1 aromatic carbocycles. The number of hydrogen-bond donors (Lipinski definition) is 2. The number of terminal acetylenes is 1. The summed E-state index contributed by atoms with van der Waals surface area (Å²) in [5.41, 5.74) is -0.231. The number of benzene rings is 1. The second kappa shape index (κ2) is 9.30. The van der Waals surface area contributed by atoms with Gasteiger partial charge in [0, 0.05) is 25.3 Å². The van der Waals surface area contributed by atoms with Gasteiger partial charge < -0.3 is 25.0 Å². The van der Waals surface area contributed by atoms with E-state index in [9.17, 15) is 14.4 Å². The van der Waals surface area contributed by atoms with E-state index in [2.05, 4.69) is 16.6 Å². The molecule has 2 saturated heterocycles. The van der Waals surface area contributed by atoms with Gasteiger partial charge in [-0.3, -0.25) is 14.4 Å². The maximum Gasteiger partial charge on any atom is 0.262 e. The molecule has 0 aliphatic carbocycles. The van der Waals surface area contributed by atoms with Gasteiger partial charge >= 0.3 is 0 Å². The van der Waals surface area contributed by atoms with Crippen molar-refractivity contribution in [2.24, 2.45) is 0 Å². The number of halogens is 1. The molecule has 2 N–H and O–H groups in total. The van der Waals surface area contributed by atoms with Crippen LogP contribution in [0.25, 0.3) is 0 Å². The van der Waals surface area contributed by atoms with Gasteiger partial charge in [-0.25, -0.2) is 0 Å². The number of nitrogens with zero attached hydrogens (tertiary/aromatic N) is 1. The van der Waals surface area contributed by atoms with Crippen molar-refractivity contribution in [1.29, 1.82) is 0 Å². The van der Waals surface area contributed by atoms with Crippen molar-refractivity contribution in [3.63, 3.8) is 0 Å². The van der Waals surface area contributed by atoms with E-state index < -0.39 is 17.4 Å². The second-order valence-corrected chi connectivity index (χ2v) is 8.86. The van der Waals surface area contributed by atoms with Crippen LogP contribution in [0.5, 0.6) is 0 Å². The van der Waals surface area contributed by atoms with Crippen LogP contribution < -0.4 is 15.5 Å².